The van der Waals surface area contributed by atoms with E-state index in [-0.39, 0.29) is 17.2 Å². The van der Waals surface area contributed by atoms with Gasteiger partial charge < -0.3 is 9.47 Å². The molecule has 0 spiro atoms. The van der Waals surface area contributed by atoms with Crippen LogP contribution < -0.4 is 4.74 Å². The first-order valence-corrected chi connectivity index (χ1v) is 9.23. The number of hydrogen-bond acceptors (Lipinski definition) is 4. The van der Waals surface area contributed by atoms with E-state index in [0.717, 1.165) is 12.0 Å². The van der Waals surface area contributed by atoms with E-state index >= 15 is 0 Å². The number of nitrogens with zero attached hydrogens (tertiary/aromatic N) is 1. The molecular formula is C24H18FNO3. The lowest BCUT2D eigenvalue weighted by atomic mass is 10.1. The molecule has 0 saturated carbocycles. The number of rotatable bonds is 6. The van der Waals surface area contributed by atoms with Crippen molar-refractivity contribution in [2.24, 2.45) is 4.99 Å². The normalized spacial score (nSPS) is 14.6. The minimum atomic E-state index is -0.612. The van der Waals surface area contributed by atoms with Gasteiger partial charge in [-0.2, -0.15) is 0 Å². The molecule has 1 heterocycles. The summed E-state index contributed by atoms with van der Waals surface area (Å²) in [6.07, 6.45) is 2.40. The van der Waals surface area contributed by atoms with Gasteiger partial charge in [-0.05, 0) is 41.5 Å². The molecule has 1 aliphatic rings. The Labute approximate surface area is 167 Å². The Balaban J connectivity index is 1.47. The number of carbonyl (C=O) groups excluding carboxylic acids is 1. The zero-order valence-electron chi connectivity index (χ0n) is 15.5. The Bertz CT molecular complexity index is 1090. The van der Waals surface area contributed by atoms with E-state index in [0.29, 0.717) is 12.4 Å². The predicted octanol–water partition coefficient (Wildman–Crippen LogP) is 4.79. The third-order valence-corrected chi connectivity index (χ3v) is 4.39. The van der Waals surface area contributed by atoms with E-state index in [2.05, 4.69) is 17.1 Å². The molecule has 0 atom stereocenters. The lowest BCUT2D eigenvalue weighted by molar-refractivity contribution is -0.129. The Hall–Kier alpha value is -3.73. The molecule has 29 heavy (non-hydrogen) atoms. The van der Waals surface area contributed by atoms with Gasteiger partial charge >= 0.3 is 5.97 Å². The number of halogens is 1. The van der Waals surface area contributed by atoms with Gasteiger partial charge in [0.2, 0.25) is 5.90 Å². The second-order valence-electron chi connectivity index (χ2n) is 6.47. The van der Waals surface area contributed by atoms with Crippen molar-refractivity contribution in [2.75, 3.05) is 6.61 Å². The van der Waals surface area contributed by atoms with Crippen LogP contribution in [0.1, 0.15) is 16.7 Å². The van der Waals surface area contributed by atoms with Crippen molar-refractivity contribution >= 4 is 17.9 Å². The van der Waals surface area contributed by atoms with Crippen LogP contribution in [0.2, 0.25) is 0 Å². The van der Waals surface area contributed by atoms with Crippen molar-refractivity contribution in [3.05, 3.63) is 107 Å². The van der Waals surface area contributed by atoms with Crippen molar-refractivity contribution in [2.45, 2.75) is 6.42 Å². The monoisotopic (exact) mass is 387 g/mol. The van der Waals surface area contributed by atoms with Gasteiger partial charge in [-0.25, -0.2) is 14.2 Å². The van der Waals surface area contributed by atoms with E-state index in [1.807, 2.05) is 42.5 Å². The van der Waals surface area contributed by atoms with Crippen LogP contribution in [0, 0.1) is 5.82 Å². The molecule has 3 aromatic rings. The summed E-state index contributed by atoms with van der Waals surface area (Å²) in [6.45, 7) is 0.543. The molecule has 5 heteroatoms. The molecular weight excluding hydrogens is 369 g/mol. The van der Waals surface area contributed by atoms with Crippen molar-refractivity contribution in [1.82, 2.24) is 0 Å². The van der Waals surface area contributed by atoms with Crippen molar-refractivity contribution in [3.8, 4) is 5.75 Å². The van der Waals surface area contributed by atoms with Gasteiger partial charge in [0, 0.05) is 6.42 Å². The van der Waals surface area contributed by atoms with Gasteiger partial charge in [-0.1, -0.05) is 54.6 Å². The van der Waals surface area contributed by atoms with Gasteiger partial charge in [0.05, 0.1) is 12.2 Å². The van der Waals surface area contributed by atoms with Gasteiger partial charge in [0.1, 0.15) is 11.6 Å². The molecule has 0 radical (unpaired) electrons. The Morgan fingerprint density at radius 3 is 2.59 bits per heavy atom. The van der Waals surface area contributed by atoms with Gasteiger partial charge in [0.15, 0.2) is 5.70 Å². The summed E-state index contributed by atoms with van der Waals surface area (Å²) < 4.78 is 24.9. The average Bonchev–Trinajstić information content (AvgIpc) is 3.09. The van der Waals surface area contributed by atoms with Crippen LogP contribution in [0.5, 0.6) is 5.75 Å². The molecule has 0 bridgehead atoms. The van der Waals surface area contributed by atoms with Crippen molar-refractivity contribution in [3.63, 3.8) is 0 Å². The van der Waals surface area contributed by atoms with Crippen LogP contribution in [0.3, 0.4) is 0 Å². The highest BCUT2D eigenvalue weighted by atomic mass is 19.1. The van der Waals surface area contributed by atoms with Crippen LogP contribution in [0.25, 0.3) is 6.08 Å². The minimum Gasteiger partial charge on any atom is -0.493 e. The average molecular weight is 387 g/mol. The quantitative estimate of drug-likeness (QED) is 0.451. The first-order valence-electron chi connectivity index (χ1n) is 9.23. The molecule has 144 valence electrons. The number of cyclic esters (lactones) is 1. The lowest BCUT2D eigenvalue weighted by Gasteiger charge is -2.07. The van der Waals surface area contributed by atoms with Gasteiger partial charge in [0.25, 0.3) is 0 Å². The predicted molar refractivity (Wildman–Crippen MR) is 109 cm³/mol. The summed E-state index contributed by atoms with van der Waals surface area (Å²) in [7, 11) is 0. The number of aliphatic imine (C=N–C) groups is 1. The molecule has 1 aliphatic heterocycles. The van der Waals surface area contributed by atoms with Crippen LogP contribution in [0.4, 0.5) is 4.39 Å². The maximum absolute atomic E-state index is 13.9. The smallest absolute Gasteiger partial charge is 0.363 e. The fourth-order valence-electron chi connectivity index (χ4n) is 2.94. The molecule has 4 rings (SSSR count). The number of esters is 1. The molecule has 0 saturated heterocycles. The third-order valence-electron chi connectivity index (χ3n) is 4.39. The molecule has 0 fully saturated rings. The van der Waals surface area contributed by atoms with E-state index < -0.39 is 11.8 Å². The molecule has 0 amide bonds. The zero-order chi connectivity index (χ0) is 20.1. The van der Waals surface area contributed by atoms with Crippen LogP contribution in [-0.4, -0.2) is 18.5 Å². The summed E-state index contributed by atoms with van der Waals surface area (Å²) in [6, 6.07) is 23.5. The van der Waals surface area contributed by atoms with Crippen LogP contribution in [0.15, 0.2) is 89.6 Å². The summed E-state index contributed by atoms with van der Waals surface area (Å²) in [4.78, 5) is 16.3. The molecule has 0 aliphatic carbocycles. The SMILES string of the molecule is O=C1OC(c2ccccc2F)=N/C1=C\c1cccc(OCCc2ccccc2)c1. The largest absolute Gasteiger partial charge is 0.493 e. The first kappa shape index (κ1) is 18.6. The summed E-state index contributed by atoms with van der Waals surface area (Å²) in [5.41, 5.74) is 2.22. The van der Waals surface area contributed by atoms with E-state index in [9.17, 15) is 9.18 Å². The molecule has 0 aromatic heterocycles. The van der Waals surface area contributed by atoms with Crippen LogP contribution in [-0.2, 0) is 16.0 Å². The third kappa shape index (κ3) is 4.58. The maximum Gasteiger partial charge on any atom is 0.363 e. The first-order chi connectivity index (χ1) is 14.2. The summed E-state index contributed by atoms with van der Waals surface area (Å²) in [5.74, 6) is -0.442. The molecule has 3 aromatic carbocycles. The van der Waals surface area contributed by atoms with E-state index in [4.69, 9.17) is 9.47 Å². The molecule has 0 N–H and O–H groups in total. The number of hydrogen-bond donors (Lipinski definition) is 0. The molecule has 4 nitrogen and oxygen atoms in total. The lowest BCUT2D eigenvalue weighted by Crippen LogP contribution is -2.07. The maximum atomic E-state index is 13.9. The number of carbonyl (C=O) groups is 1. The topological polar surface area (TPSA) is 47.9 Å². The Kier molecular flexibility index (Phi) is 5.47. The second-order valence-corrected chi connectivity index (χ2v) is 6.47. The van der Waals surface area contributed by atoms with Gasteiger partial charge in [-0.3, -0.25) is 0 Å². The highest BCUT2D eigenvalue weighted by Crippen LogP contribution is 2.22. The standard InChI is InChI=1S/C24H18FNO3/c25-21-12-5-4-11-20(21)23-26-22(24(27)29-23)16-18-9-6-10-19(15-18)28-14-13-17-7-2-1-3-8-17/h1-12,15-16H,13-14H2/b22-16-. The summed E-state index contributed by atoms with van der Waals surface area (Å²) >= 11 is 0. The van der Waals surface area contributed by atoms with Gasteiger partial charge in [-0.15, -0.1) is 0 Å². The van der Waals surface area contributed by atoms with Crippen LogP contribution >= 0.6 is 0 Å². The van der Waals surface area contributed by atoms with Crippen molar-refractivity contribution < 1.29 is 18.7 Å². The Morgan fingerprint density at radius 1 is 0.966 bits per heavy atom. The highest BCUT2D eigenvalue weighted by molar-refractivity contribution is 6.12. The second kappa shape index (κ2) is 8.52. The zero-order valence-corrected chi connectivity index (χ0v) is 15.5. The highest BCUT2D eigenvalue weighted by Gasteiger charge is 2.25. The minimum absolute atomic E-state index is 0.0328. The Morgan fingerprint density at radius 2 is 1.76 bits per heavy atom. The van der Waals surface area contributed by atoms with Crippen molar-refractivity contribution in [1.29, 1.82) is 0 Å². The fraction of sp³-hybridized carbons (Fsp3) is 0.0833. The summed E-state index contributed by atoms with van der Waals surface area (Å²) in [5, 5.41) is 0. The molecule has 0 unspecified atom stereocenters. The number of benzene rings is 3. The van der Waals surface area contributed by atoms with E-state index in [1.54, 1.807) is 18.2 Å². The van der Waals surface area contributed by atoms with E-state index in [1.165, 1.54) is 17.7 Å². The number of ether oxygens (including phenoxy) is 2. The fourth-order valence-corrected chi connectivity index (χ4v) is 2.94.